The second kappa shape index (κ2) is 8.92. The number of nitrogens with one attached hydrogen (secondary N) is 2. The summed E-state index contributed by atoms with van der Waals surface area (Å²) in [6, 6.07) is 5.45. The largest absolute Gasteiger partial charge is 0.324 e. The van der Waals surface area contributed by atoms with E-state index in [2.05, 4.69) is 30.8 Å². The lowest BCUT2D eigenvalue weighted by atomic mass is 10.1. The lowest BCUT2D eigenvalue weighted by Gasteiger charge is -2.32. The Morgan fingerprint density at radius 2 is 2.10 bits per heavy atom. The molecular formula is C19H21F2N7OS. The summed E-state index contributed by atoms with van der Waals surface area (Å²) in [5, 5.41) is 16.3. The fraction of sp³-hybridized carbons (Fsp3) is 0.421. The molecule has 0 bridgehead atoms. The summed E-state index contributed by atoms with van der Waals surface area (Å²) in [6.45, 7) is 2.55. The smallest absolute Gasteiger partial charge is 0.324 e. The summed E-state index contributed by atoms with van der Waals surface area (Å²) in [4.78, 5) is 22.9. The minimum absolute atomic E-state index is 0.00220. The van der Waals surface area contributed by atoms with Crippen LogP contribution in [0.3, 0.4) is 0 Å². The molecule has 1 aromatic carbocycles. The second-order valence-electron chi connectivity index (χ2n) is 7.08. The Morgan fingerprint density at radius 1 is 1.30 bits per heavy atom. The average molecular weight is 433 g/mol. The van der Waals surface area contributed by atoms with E-state index in [1.807, 2.05) is 25.1 Å². The molecule has 0 radical (unpaired) electrons. The van der Waals surface area contributed by atoms with E-state index in [0.717, 1.165) is 21.0 Å². The van der Waals surface area contributed by atoms with E-state index < -0.39 is 6.43 Å². The zero-order chi connectivity index (χ0) is 21.1. The van der Waals surface area contributed by atoms with E-state index in [0.29, 0.717) is 31.4 Å². The van der Waals surface area contributed by atoms with E-state index >= 15 is 0 Å². The molecule has 158 valence electrons. The fourth-order valence-electron chi connectivity index (χ4n) is 3.35. The molecule has 1 aliphatic heterocycles. The van der Waals surface area contributed by atoms with Crippen molar-refractivity contribution in [1.82, 2.24) is 30.4 Å². The third-order valence-electron chi connectivity index (χ3n) is 4.92. The number of anilines is 1. The SMILES string of the molecule is Cc1nnc(-c2ccc3cnc(NC(=O)N4CCC(NCC(F)F)CC4)nc3c2)s1. The van der Waals surface area contributed by atoms with Gasteiger partial charge in [0.2, 0.25) is 5.95 Å². The van der Waals surface area contributed by atoms with Gasteiger partial charge in [0.05, 0.1) is 12.1 Å². The number of nitrogens with zero attached hydrogens (tertiary/aromatic N) is 5. The highest BCUT2D eigenvalue weighted by molar-refractivity contribution is 7.14. The summed E-state index contributed by atoms with van der Waals surface area (Å²) >= 11 is 1.50. The predicted molar refractivity (Wildman–Crippen MR) is 111 cm³/mol. The Labute approximate surface area is 175 Å². The third kappa shape index (κ3) is 4.85. The van der Waals surface area contributed by atoms with Gasteiger partial charge in [0, 0.05) is 36.3 Å². The van der Waals surface area contributed by atoms with Gasteiger partial charge in [0.1, 0.15) is 10.0 Å². The molecule has 1 aliphatic rings. The molecule has 0 aliphatic carbocycles. The van der Waals surface area contributed by atoms with Crippen molar-refractivity contribution in [3.8, 4) is 10.6 Å². The highest BCUT2D eigenvalue weighted by Gasteiger charge is 2.23. The molecule has 2 aromatic heterocycles. The van der Waals surface area contributed by atoms with Crippen LogP contribution in [0.25, 0.3) is 21.5 Å². The maximum atomic E-state index is 12.5. The molecule has 11 heteroatoms. The lowest BCUT2D eigenvalue weighted by molar-refractivity contribution is 0.132. The molecule has 0 saturated carbocycles. The van der Waals surface area contributed by atoms with Crippen LogP contribution in [0.4, 0.5) is 19.5 Å². The number of piperidine rings is 1. The van der Waals surface area contributed by atoms with Crippen molar-refractivity contribution in [1.29, 1.82) is 0 Å². The van der Waals surface area contributed by atoms with Crippen LogP contribution in [-0.2, 0) is 0 Å². The number of benzene rings is 1. The van der Waals surface area contributed by atoms with Gasteiger partial charge in [-0.25, -0.2) is 23.5 Å². The zero-order valence-corrected chi connectivity index (χ0v) is 17.1. The number of hydrogen-bond acceptors (Lipinski definition) is 7. The molecule has 2 amide bonds. The van der Waals surface area contributed by atoms with E-state index in [-0.39, 0.29) is 24.6 Å². The number of halogens is 2. The van der Waals surface area contributed by atoms with Crippen molar-refractivity contribution in [2.45, 2.75) is 32.2 Å². The van der Waals surface area contributed by atoms with Crippen LogP contribution in [0.5, 0.6) is 0 Å². The first-order valence-corrected chi connectivity index (χ1v) is 10.4. The minimum atomic E-state index is -2.37. The summed E-state index contributed by atoms with van der Waals surface area (Å²) < 4.78 is 24.6. The lowest BCUT2D eigenvalue weighted by Crippen LogP contribution is -2.47. The summed E-state index contributed by atoms with van der Waals surface area (Å²) in [5.41, 5.74) is 1.60. The number of amides is 2. The zero-order valence-electron chi connectivity index (χ0n) is 16.3. The molecule has 1 saturated heterocycles. The Bertz CT molecular complexity index is 1040. The van der Waals surface area contributed by atoms with Gasteiger partial charge in [0.25, 0.3) is 6.43 Å². The number of aryl methyl sites for hydroxylation is 1. The highest BCUT2D eigenvalue weighted by atomic mass is 32.1. The van der Waals surface area contributed by atoms with Crippen molar-refractivity contribution >= 4 is 34.2 Å². The molecule has 3 aromatic rings. The topological polar surface area (TPSA) is 95.9 Å². The Balaban J connectivity index is 1.40. The number of carbonyl (C=O) groups is 1. The molecule has 2 N–H and O–H groups in total. The number of hydrogen-bond donors (Lipinski definition) is 2. The van der Waals surface area contributed by atoms with Gasteiger partial charge in [-0.1, -0.05) is 23.5 Å². The molecule has 8 nitrogen and oxygen atoms in total. The predicted octanol–water partition coefficient (Wildman–Crippen LogP) is 3.31. The normalized spacial score (nSPS) is 15.1. The number of rotatable bonds is 5. The number of likely N-dealkylation sites (tertiary alicyclic amines) is 1. The maximum Gasteiger partial charge on any atom is 0.324 e. The number of urea groups is 1. The molecule has 1 fully saturated rings. The Hall–Kier alpha value is -2.79. The first-order chi connectivity index (χ1) is 14.5. The van der Waals surface area contributed by atoms with Gasteiger partial charge in [-0.15, -0.1) is 10.2 Å². The van der Waals surface area contributed by atoms with Crippen molar-refractivity contribution in [2.75, 3.05) is 25.0 Å². The molecule has 0 spiro atoms. The standard InChI is InChI=1S/C19H21F2N7OS/c1-11-26-27-17(30-11)12-2-3-13-9-23-18(24-15(13)8-12)25-19(29)28-6-4-14(5-7-28)22-10-16(20)21/h2-3,8-9,14,16,22H,4-7,10H2,1H3,(H,23,24,25,29). The van der Waals surface area contributed by atoms with Gasteiger partial charge >= 0.3 is 6.03 Å². The van der Waals surface area contributed by atoms with E-state index in [1.54, 1.807) is 11.1 Å². The second-order valence-corrected chi connectivity index (χ2v) is 8.27. The molecule has 4 rings (SSSR count). The quantitative estimate of drug-likeness (QED) is 0.641. The van der Waals surface area contributed by atoms with Crippen LogP contribution in [0, 0.1) is 6.92 Å². The summed E-state index contributed by atoms with van der Waals surface area (Å²) in [7, 11) is 0. The molecule has 30 heavy (non-hydrogen) atoms. The minimum Gasteiger partial charge on any atom is -0.324 e. The summed E-state index contributed by atoms with van der Waals surface area (Å²) in [6.07, 6.45) is 0.549. The van der Waals surface area contributed by atoms with Crippen LogP contribution in [0.15, 0.2) is 24.4 Å². The highest BCUT2D eigenvalue weighted by Crippen LogP contribution is 2.26. The number of alkyl halides is 2. The monoisotopic (exact) mass is 433 g/mol. The maximum absolute atomic E-state index is 12.5. The van der Waals surface area contributed by atoms with Crippen LogP contribution in [-0.4, -0.2) is 63.2 Å². The van der Waals surface area contributed by atoms with Gasteiger partial charge in [0.15, 0.2) is 0 Å². The van der Waals surface area contributed by atoms with E-state index in [9.17, 15) is 13.6 Å². The van der Waals surface area contributed by atoms with Crippen molar-refractivity contribution in [2.24, 2.45) is 0 Å². The fourth-order valence-corrected chi connectivity index (χ4v) is 4.03. The van der Waals surface area contributed by atoms with Crippen molar-refractivity contribution in [3.63, 3.8) is 0 Å². The Morgan fingerprint density at radius 3 is 2.80 bits per heavy atom. The van der Waals surface area contributed by atoms with Crippen molar-refractivity contribution in [3.05, 3.63) is 29.4 Å². The molecule has 3 heterocycles. The van der Waals surface area contributed by atoms with Gasteiger partial charge in [-0.05, 0) is 25.8 Å². The van der Waals surface area contributed by atoms with Gasteiger partial charge in [-0.2, -0.15) is 0 Å². The van der Waals surface area contributed by atoms with E-state index in [4.69, 9.17) is 0 Å². The Kier molecular flexibility index (Phi) is 6.09. The molecule has 0 unspecified atom stereocenters. The van der Waals surface area contributed by atoms with Gasteiger partial charge < -0.3 is 10.2 Å². The molecule has 0 atom stereocenters. The van der Waals surface area contributed by atoms with Crippen LogP contribution < -0.4 is 10.6 Å². The first kappa shape index (κ1) is 20.5. The van der Waals surface area contributed by atoms with E-state index in [1.165, 1.54) is 11.3 Å². The summed E-state index contributed by atoms with van der Waals surface area (Å²) in [5.74, 6) is 0.219. The third-order valence-corrected chi connectivity index (χ3v) is 5.81. The average Bonchev–Trinajstić information content (AvgIpc) is 3.18. The van der Waals surface area contributed by atoms with Crippen LogP contribution in [0.1, 0.15) is 17.8 Å². The molecular weight excluding hydrogens is 412 g/mol. The van der Waals surface area contributed by atoms with Crippen molar-refractivity contribution < 1.29 is 13.6 Å². The number of aromatic nitrogens is 4. The van der Waals surface area contributed by atoms with Crippen LogP contribution >= 0.6 is 11.3 Å². The van der Waals surface area contributed by atoms with Crippen LogP contribution in [0.2, 0.25) is 0 Å². The van der Waals surface area contributed by atoms with Gasteiger partial charge in [-0.3, -0.25) is 5.32 Å². The number of fused-ring (bicyclic) bond motifs is 1. The first-order valence-electron chi connectivity index (χ1n) is 9.62. The number of carbonyl (C=O) groups excluding carboxylic acids is 1.